The number of rotatable bonds is 5. The normalized spacial score (nSPS) is 12.2. The van der Waals surface area contributed by atoms with Gasteiger partial charge in [0.15, 0.2) is 0 Å². The Bertz CT molecular complexity index is 608. The molecule has 0 fully saturated rings. The minimum atomic E-state index is 0.120. The molecule has 2 rings (SSSR count). The molecule has 0 saturated heterocycles. The molecule has 1 atom stereocenters. The molecule has 0 bridgehead atoms. The fourth-order valence-electron chi connectivity index (χ4n) is 2.62. The van der Waals surface area contributed by atoms with E-state index in [-0.39, 0.29) is 6.04 Å². The molecule has 0 spiro atoms. The van der Waals surface area contributed by atoms with E-state index in [1.807, 2.05) is 19.1 Å². The summed E-state index contributed by atoms with van der Waals surface area (Å²) in [4.78, 5) is 2.21. The van der Waals surface area contributed by atoms with Gasteiger partial charge in [0.2, 0.25) is 0 Å². The lowest BCUT2D eigenvalue weighted by Gasteiger charge is -2.25. The van der Waals surface area contributed by atoms with Crippen LogP contribution in [0.5, 0.6) is 0 Å². The van der Waals surface area contributed by atoms with Crippen LogP contribution in [0.25, 0.3) is 0 Å². The van der Waals surface area contributed by atoms with Gasteiger partial charge in [-0.15, -0.1) is 0 Å². The highest BCUT2D eigenvalue weighted by molar-refractivity contribution is 6.33. The lowest BCUT2D eigenvalue weighted by molar-refractivity contribution is 0.734. The first-order valence-corrected chi connectivity index (χ1v) is 7.65. The highest BCUT2D eigenvalue weighted by atomic mass is 35.5. The second kappa shape index (κ2) is 6.97. The van der Waals surface area contributed by atoms with Crippen LogP contribution in [-0.2, 0) is 13.0 Å². The number of nitrogens with zero attached hydrogens (tertiary/aromatic N) is 1. The van der Waals surface area contributed by atoms with E-state index in [2.05, 4.69) is 49.2 Å². The van der Waals surface area contributed by atoms with Gasteiger partial charge in [-0.1, -0.05) is 48.0 Å². The van der Waals surface area contributed by atoms with Gasteiger partial charge in [0, 0.05) is 19.6 Å². The van der Waals surface area contributed by atoms with E-state index < -0.39 is 0 Å². The predicted octanol–water partition coefficient (Wildman–Crippen LogP) is 4.17. The number of hydrogen-bond acceptors (Lipinski definition) is 2. The van der Waals surface area contributed by atoms with Crippen molar-refractivity contribution in [2.45, 2.75) is 32.9 Å². The zero-order valence-corrected chi connectivity index (χ0v) is 13.7. The lowest BCUT2D eigenvalue weighted by atomic mass is 10.0. The maximum absolute atomic E-state index is 6.43. The molecule has 0 aliphatic heterocycles. The van der Waals surface area contributed by atoms with Gasteiger partial charge in [-0.25, -0.2) is 0 Å². The second-order valence-corrected chi connectivity index (χ2v) is 6.12. The smallest absolute Gasteiger partial charge is 0.0642 e. The van der Waals surface area contributed by atoms with Gasteiger partial charge >= 0.3 is 0 Å². The summed E-state index contributed by atoms with van der Waals surface area (Å²) < 4.78 is 0. The lowest BCUT2D eigenvalue weighted by Crippen LogP contribution is -2.23. The van der Waals surface area contributed by atoms with Gasteiger partial charge in [0.1, 0.15) is 0 Å². The summed E-state index contributed by atoms with van der Waals surface area (Å²) in [6, 6.07) is 14.6. The standard InChI is InChI=1S/C18H23ClN2/c1-13-7-4-5-8-16(13)12-21(3)18-15(11-14(2)20)9-6-10-17(18)19/h4-10,14H,11-12,20H2,1-3H3. The number of anilines is 1. The van der Waals surface area contributed by atoms with Gasteiger partial charge in [0.25, 0.3) is 0 Å². The van der Waals surface area contributed by atoms with Crippen molar-refractivity contribution in [1.29, 1.82) is 0 Å². The predicted molar refractivity (Wildman–Crippen MR) is 92.1 cm³/mol. The Kier molecular flexibility index (Phi) is 5.27. The summed E-state index contributed by atoms with van der Waals surface area (Å²) in [5, 5.41) is 0.782. The van der Waals surface area contributed by atoms with Crippen LogP contribution < -0.4 is 10.6 Å². The van der Waals surface area contributed by atoms with Gasteiger partial charge in [-0.05, 0) is 43.0 Å². The molecule has 1 unspecified atom stereocenters. The Morgan fingerprint density at radius 3 is 2.43 bits per heavy atom. The van der Waals surface area contributed by atoms with E-state index in [1.54, 1.807) is 0 Å². The van der Waals surface area contributed by atoms with E-state index >= 15 is 0 Å². The van der Waals surface area contributed by atoms with E-state index in [4.69, 9.17) is 17.3 Å². The first-order valence-electron chi connectivity index (χ1n) is 7.27. The van der Waals surface area contributed by atoms with Crippen LogP contribution in [-0.4, -0.2) is 13.1 Å². The average molecular weight is 303 g/mol. The Morgan fingerprint density at radius 2 is 1.76 bits per heavy atom. The third kappa shape index (κ3) is 3.99. The fraction of sp³-hybridized carbons (Fsp3) is 0.333. The molecule has 2 N–H and O–H groups in total. The van der Waals surface area contributed by atoms with E-state index in [1.165, 1.54) is 16.7 Å². The number of para-hydroxylation sites is 1. The van der Waals surface area contributed by atoms with Gasteiger partial charge in [-0.2, -0.15) is 0 Å². The van der Waals surface area contributed by atoms with E-state index in [9.17, 15) is 0 Å². The van der Waals surface area contributed by atoms with Crippen molar-refractivity contribution < 1.29 is 0 Å². The van der Waals surface area contributed by atoms with Gasteiger partial charge in [-0.3, -0.25) is 0 Å². The summed E-state index contributed by atoms with van der Waals surface area (Å²) in [6.07, 6.45) is 0.827. The Balaban J connectivity index is 2.30. The van der Waals surface area contributed by atoms with Crippen LogP contribution in [0.2, 0.25) is 5.02 Å². The maximum atomic E-state index is 6.43. The third-order valence-corrected chi connectivity index (χ3v) is 3.97. The SMILES string of the molecule is Cc1ccccc1CN(C)c1c(Cl)cccc1CC(C)N. The summed E-state index contributed by atoms with van der Waals surface area (Å²) in [6.45, 7) is 4.99. The first-order chi connectivity index (χ1) is 9.99. The van der Waals surface area contributed by atoms with Crippen molar-refractivity contribution in [3.05, 3.63) is 64.2 Å². The average Bonchev–Trinajstić information content (AvgIpc) is 2.40. The largest absolute Gasteiger partial charge is 0.369 e. The molecule has 0 aromatic heterocycles. The van der Waals surface area contributed by atoms with Crippen molar-refractivity contribution in [2.24, 2.45) is 5.73 Å². The molecule has 2 aromatic carbocycles. The molecule has 0 aliphatic carbocycles. The molecule has 21 heavy (non-hydrogen) atoms. The molecule has 0 amide bonds. The minimum absolute atomic E-state index is 0.120. The molecule has 0 saturated carbocycles. The van der Waals surface area contributed by atoms with Crippen molar-refractivity contribution >= 4 is 17.3 Å². The Labute approximate surface area is 132 Å². The second-order valence-electron chi connectivity index (χ2n) is 5.71. The highest BCUT2D eigenvalue weighted by Gasteiger charge is 2.13. The van der Waals surface area contributed by atoms with Crippen molar-refractivity contribution in [2.75, 3.05) is 11.9 Å². The van der Waals surface area contributed by atoms with Gasteiger partial charge < -0.3 is 10.6 Å². The molecule has 0 aliphatic rings. The summed E-state index contributed by atoms with van der Waals surface area (Å²) in [5.41, 5.74) is 10.9. The Hall–Kier alpha value is -1.51. The van der Waals surface area contributed by atoms with E-state index in [0.717, 1.165) is 23.7 Å². The molecule has 2 nitrogen and oxygen atoms in total. The molecule has 112 valence electrons. The fourth-order valence-corrected chi connectivity index (χ4v) is 2.96. The van der Waals surface area contributed by atoms with Crippen LogP contribution in [0.4, 0.5) is 5.69 Å². The van der Waals surface area contributed by atoms with E-state index in [0.29, 0.717) is 0 Å². The Morgan fingerprint density at radius 1 is 1.10 bits per heavy atom. The number of aryl methyl sites for hydroxylation is 1. The number of benzene rings is 2. The zero-order valence-electron chi connectivity index (χ0n) is 12.9. The van der Waals surface area contributed by atoms with Crippen LogP contribution in [0.1, 0.15) is 23.6 Å². The quantitative estimate of drug-likeness (QED) is 0.898. The summed E-state index contributed by atoms with van der Waals surface area (Å²) >= 11 is 6.43. The summed E-state index contributed by atoms with van der Waals surface area (Å²) in [5.74, 6) is 0. The topological polar surface area (TPSA) is 29.3 Å². The molecule has 2 aromatic rings. The highest BCUT2D eigenvalue weighted by Crippen LogP contribution is 2.31. The van der Waals surface area contributed by atoms with Gasteiger partial charge in [0.05, 0.1) is 10.7 Å². The number of nitrogens with two attached hydrogens (primary N) is 1. The van der Waals surface area contributed by atoms with Crippen LogP contribution >= 0.6 is 11.6 Å². The van der Waals surface area contributed by atoms with Crippen LogP contribution in [0.15, 0.2) is 42.5 Å². The molecule has 0 radical (unpaired) electrons. The monoisotopic (exact) mass is 302 g/mol. The number of hydrogen-bond donors (Lipinski definition) is 1. The van der Waals surface area contributed by atoms with Crippen LogP contribution in [0.3, 0.4) is 0 Å². The van der Waals surface area contributed by atoms with Crippen molar-refractivity contribution in [3.8, 4) is 0 Å². The maximum Gasteiger partial charge on any atom is 0.0642 e. The minimum Gasteiger partial charge on any atom is -0.369 e. The van der Waals surface area contributed by atoms with Crippen molar-refractivity contribution in [1.82, 2.24) is 0 Å². The molecular formula is C18H23ClN2. The zero-order chi connectivity index (χ0) is 15.4. The molecule has 3 heteroatoms. The first kappa shape index (κ1) is 15.9. The third-order valence-electron chi connectivity index (χ3n) is 3.66. The van der Waals surface area contributed by atoms with Crippen molar-refractivity contribution in [3.63, 3.8) is 0 Å². The molecule has 0 heterocycles. The number of halogens is 1. The molecular weight excluding hydrogens is 280 g/mol. The van der Waals surface area contributed by atoms with Crippen LogP contribution in [0, 0.1) is 6.92 Å². The summed E-state index contributed by atoms with van der Waals surface area (Å²) in [7, 11) is 2.08.